The van der Waals surface area contributed by atoms with Gasteiger partial charge in [-0.25, -0.2) is 4.79 Å². The second-order valence-electron chi connectivity index (χ2n) is 7.32. The largest absolute Gasteiger partial charge is 0.460 e. The van der Waals surface area contributed by atoms with Crippen LogP contribution in [0.5, 0.6) is 0 Å². The Morgan fingerprint density at radius 3 is 2.48 bits per heavy atom. The highest BCUT2D eigenvalue weighted by Gasteiger charge is 2.33. The zero-order chi connectivity index (χ0) is 18.4. The molecule has 0 radical (unpaired) electrons. The van der Waals surface area contributed by atoms with Crippen molar-refractivity contribution in [3.8, 4) is 0 Å². The van der Waals surface area contributed by atoms with Crippen LogP contribution in [0.25, 0.3) is 0 Å². The number of halogens is 1. The molecule has 0 saturated heterocycles. The van der Waals surface area contributed by atoms with Crippen molar-refractivity contribution >= 4 is 27.9 Å². The van der Waals surface area contributed by atoms with Crippen LogP contribution in [0, 0.1) is 17.8 Å². The van der Waals surface area contributed by atoms with E-state index in [2.05, 4.69) is 36.7 Å². The van der Waals surface area contributed by atoms with E-state index in [1.807, 2.05) is 24.3 Å². The third-order valence-corrected chi connectivity index (χ3v) is 5.39. The third kappa shape index (κ3) is 6.46. The minimum Gasteiger partial charge on any atom is -0.460 e. The van der Waals surface area contributed by atoms with E-state index in [-0.39, 0.29) is 19.1 Å². The normalized spacial score (nSPS) is 23.3. The topological polar surface area (TPSA) is 52.6 Å². The molecule has 1 aromatic rings. The minimum atomic E-state index is -0.450. The van der Waals surface area contributed by atoms with E-state index in [4.69, 9.17) is 9.47 Å². The molecule has 0 bridgehead atoms. The van der Waals surface area contributed by atoms with Crippen LogP contribution in [-0.2, 0) is 25.5 Å². The molecule has 0 spiro atoms. The molecule has 1 aromatic carbocycles. The summed E-state index contributed by atoms with van der Waals surface area (Å²) in [5.41, 5.74) is 0.850. The maximum Gasteiger partial charge on any atom is 0.344 e. The standard InChI is InChI=1S/C20H27BrO4/c1-13(2)17-9-4-14(3)10-18(17)25-20(23)12-24-19(22)11-15-5-7-16(21)8-6-15/h5-8,13-14,17-18H,4,9-12H2,1-3H3/t14-,17-,18+/m1/s1. The summed E-state index contributed by atoms with van der Waals surface area (Å²) in [6.45, 7) is 6.21. The van der Waals surface area contributed by atoms with E-state index in [1.165, 1.54) is 6.42 Å². The van der Waals surface area contributed by atoms with Gasteiger partial charge in [-0.15, -0.1) is 0 Å². The molecule has 25 heavy (non-hydrogen) atoms. The fourth-order valence-electron chi connectivity index (χ4n) is 3.41. The molecule has 1 saturated carbocycles. The van der Waals surface area contributed by atoms with Gasteiger partial charge in [0.1, 0.15) is 6.10 Å². The Bertz CT molecular complexity index is 582. The van der Waals surface area contributed by atoms with Gasteiger partial charge < -0.3 is 9.47 Å². The number of benzene rings is 1. The number of ether oxygens (including phenoxy) is 2. The van der Waals surface area contributed by atoms with E-state index in [1.54, 1.807) is 0 Å². The number of hydrogen-bond donors (Lipinski definition) is 0. The molecule has 1 aliphatic carbocycles. The molecule has 3 atom stereocenters. The summed E-state index contributed by atoms with van der Waals surface area (Å²) in [5.74, 6) is 0.558. The summed E-state index contributed by atoms with van der Waals surface area (Å²) in [7, 11) is 0. The fourth-order valence-corrected chi connectivity index (χ4v) is 3.68. The van der Waals surface area contributed by atoms with Crippen molar-refractivity contribution in [2.75, 3.05) is 6.61 Å². The van der Waals surface area contributed by atoms with Crippen molar-refractivity contribution in [1.82, 2.24) is 0 Å². The second-order valence-corrected chi connectivity index (χ2v) is 8.23. The van der Waals surface area contributed by atoms with Crippen molar-refractivity contribution < 1.29 is 19.1 Å². The van der Waals surface area contributed by atoms with Crippen LogP contribution in [0.2, 0.25) is 0 Å². The van der Waals surface area contributed by atoms with Crippen molar-refractivity contribution in [2.45, 2.75) is 52.6 Å². The molecule has 0 unspecified atom stereocenters. The van der Waals surface area contributed by atoms with Crippen LogP contribution >= 0.6 is 15.9 Å². The molecular formula is C20H27BrO4. The average molecular weight is 411 g/mol. The summed E-state index contributed by atoms with van der Waals surface area (Å²) in [6, 6.07) is 7.43. The van der Waals surface area contributed by atoms with Gasteiger partial charge in [-0.1, -0.05) is 55.3 Å². The first-order valence-corrected chi connectivity index (χ1v) is 9.74. The van der Waals surface area contributed by atoms with Crippen LogP contribution in [0.1, 0.15) is 45.6 Å². The molecule has 4 nitrogen and oxygen atoms in total. The zero-order valence-corrected chi connectivity index (χ0v) is 16.8. The monoisotopic (exact) mass is 410 g/mol. The van der Waals surface area contributed by atoms with Gasteiger partial charge in [0, 0.05) is 4.47 Å². The van der Waals surface area contributed by atoms with Crippen LogP contribution in [-0.4, -0.2) is 24.6 Å². The number of carbonyl (C=O) groups excluding carboxylic acids is 2. The lowest BCUT2D eigenvalue weighted by Crippen LogP contribution is -2.36. The SMILES string of the molecule is CC(C)[C@H]1CC[C@@H](C)C[C@@H]1OC(=O)COC(=O)Cc1ccc(Br)cc1. The molecule has 5 heteroatoms. The first-order valence-electron chi connectivity index (χ1n) is 8.94. The molecule has 1 aliphatic rings. The molecular weight excluding hydrogens is 384 g/mol. The number of rotatable bonds is 6. The molecule has 0 N–H and O–H groups in total. The second kappa shape index (κ2) is 9.37. The highest BCUT2D eigenvalue weighted by atomic mass is 79.9. The minimum absolute atomic E-state index is 0.0681. The summed E-state index contributed by atoms with van der Waals surface area (Å²) in [5, 5.41) is 0. The summed E-state index contributed by atoms with van der Waals surface area (Å²) >= 11 is 3.35. The summed E-state index contributed by atoms with van der Waals surface area (Å²) in [4.78, 5) is 24.0. The number of esters is 2. The Morgan fingerprint density at radius 2 is 1.84 bits per heavy atom. The summed E-state index contributed by atoms with van der Waals surface area (Å²) < 4.78 is 11.7. The Morgan fingerprint density at radius 1 is 1.16 bits per heavy atom. The molecule has 1 fully saturated rings. The highest BCUT2D eigenvalue weighted by Crippen LogP contribution is 2.35. The van der Waals surface area contributed by atoms with Gasteiger partial charge in [0.2, 0.25) is 0 Å². The number of hydrogen-bond acceptors (Lipinski definition) is 4. The first kappa shape index (κ1) is 20.0. The third-order valence-electron chi connectivity index (χ3n) is 4.86. The Labute approximate surface area is 158 Å². The fraction of sp³-hybridized carbons (Fsp3) is 0.600. The average Bonchev–Trinajstić information content (AvgIpc) is 2.55. The van der Waals surface area contributed by atoms with E-state index in [9.17, 15) is 9.59 Å². The molecule has 0 aromatic heterocycles. The Balaban J connectivity index is 1.78. The first-order chi connectivity index (χ1) is 11.8. The van der Waals surface area contributed by atoms with Crippen LogP contribution in [0.4, 0.5) is 0 Å². The molecule has 0 heterocycles. The highest BCUT2D eigenvalue weighted by molar-refractivity contribution is 9.10. The van der Waals surface area contributed by atoms with Crippen LogP contribution in [0.3, 0.4) is 0 Å². The van der Waals surface area contributed by atoms with Crippen molar-refractivity contribution in [2.24, 2.45) is 17.8 Å². The molecule has 0 aliphatic heterocycles. The molecule has 2 rings (SSSR count). The van der Waals surface area contributed by atoms with E-state index >= 15 is 0 Å². The molecule has 0 amide bonds. The van der Waals surface area contributed by atoms with Crippen molar-refractivity contribution in [1.29, 1.82) is 0 Å². The number of carbonyl (C=O) groups is 2. The lowest BCUT2D eigenvalue weighted by atomic mass is 9.75. The lowest BCUT2D eigenvalue weighted by Gasteiger charge is -2.36. The predicted octanol–water partition coefficient (Wildman–Crippen LogP) is 4.54. The Hall–Kier alpha value is -1.36. The van der Waals surface area contributed by atoms with Gasteiger partial charge in [-0.2, -0.15) is 0 Å². The van der Waals surface area contributed by atoms with Gasteiger partial charge in [-0.05, 0) is 48.3 Å². The van der Waals surface area contributed by atoms with Gasteiger partial charge in [0.05, 0.1) is 6.42 Å². The quantitative estimate of drug-likeness (QED) is 0.645. The van der Waals surface area contributed by atoms with E-state index < -0.39 is 11.9 Å². The van der Waals surface area contributed by atoms with Gasteiger partial charge in [0.25, 0.3) is 0 Å². The van der Waals surface area contributed by atoms with Gasteiger partial charge in [0.15, 0.2) is 6.61 Å². The maximum absolute atomic E-state index is 12.1. The van der Waals surface area contributed by atoms with Crippen molar-refractivity contribution in [3.05, 3.63) is 34.3 Å². The molecule has 138 valence electrons. The Kier molecular flexibility index (Phi) is 7.48. The van der Waals surface area contributed by atoms with Crippen LogP contribution < -0.4 is 0 Å². The van der Waals surface area contributed by atoms with Crippen molar-refractivity contribution in [3.63, 3.8) is 0 Å². The van der Waals surface area contributed by atoms with E-state index in [0.717, 1.165) is 22.9 Å². The predicted molar refractivity (Wildman–Crippen MR) is 100 cm³/mol. The summed E-state index contributed by atoms with van der Waals surface area (Å²) in [6.07, 6.45) is 3.23. The zero-order valence-electron chi connectivity index (χ0n) is 15.2. The lowest BCUT2D eigenvalue weighted by molar-refractivity contribution is -0.166. The van der Waals surface area contributed by atoms with Crippen LogP contribution in [0.15, 0.2) is 28.7 Å². The maximum atomic E-state index is 12.1. The van der Waals surface area contributed by atoms with Gasteiger partial charge >= 0.3 is 11.9 Å². The van der Waals surface area contributed by atoms with Gasteiger partial charge in [-0.3, -0.25) is 4.79 Å². The smallest absolute Gasteiger partial charge is 0.344 e. The van der Waals surface area contributed by atoms with E-state index in [0.29, 0.717) is 17.8 Å².